The van der Waals surface area contributed by atoms with Gasteiger partial charge in [0.25, 0.3) is 0 Å². The first-order valence-electron chi connectivity index (χ1n) is 3.30. The number of hydrogen-bond donors (Lipinski definition) is 1. The molecule has 3 heteroatoms. The molecule has 11 heavy (non-hydrogen) atoms. The number of primary amides is 1. The van der Waals surface area contributed by atoms with Crippen LogP contribution in [0.5, 0.6) is 0 Å². The van der Waals surface area contributed by atoms with Gasteiger partial charge in [0, 0.05) is 7.63 Å². The molecule has 0 unspecified atom stereocenters. The summed E-state index contributed by atoms with van der Waals surface area (Å²) in [6.45, 7) is 10.5. The second kappa shape index (κ2) is 8.62. The van der Waals surface area contributed by atoms with Gasteiger partial charge in [-0.05, 0) is 6.72 Å². The standard InChI is InChI=1S/C6H8N2O.C2H6.H2/c1-3-5(4-8-2)6(7)9;1-2;/h3-4H,1-2H2,(H2,7,9);1-2H3;1H/b5-4+;;. The first-order chi connectivity index (χ1) is 5.22. The van der Waals surface area contributed by atoms with E-state index in [0.717, 1.165) is 0 Å². The van der Waals surface area contributed by atoms with E-state index in [2.05, 4.69) is 18.3 Å². The molecule has 0 aliphatic heterocycles. The lowest BCUT2D eigenvalue weighted by Gasteiger charge is -1.88. The van der Waals surface area contributed by atoms with Crippen molar-refractivity contribution in [2.24, 2.45) is 10.7 Å². The van der Waals surface area contributed by atoms with Crippen molar-refractivity contribution in [3.05, 3.63) is 24.4 Å². The molecule has 0 aromatic carbocycles. The molecule has 0 aromatic heterocycles. The molecule has 0 aliphatic rings. The molecule has 0 bridgehead atoms. The zero-order chi connectivity index (χ0) is 9.28. The van der Waals surface area contributed by atoms with Crippen molar-refractivity contribution in [2.75, 3.05) is 0 Å². The number of nitrogens with zero attached hydrogens (tertiary/aromatic N) is 1. The lowest BCUT2D eigenvalue weighted by atomic mass is 10.3. The van der Waals surface area contributed by atoms with E-state index < -0.39 is 5.91 Å². The van der Waals surface area contributed by atoms with Crippen molar-refractivity contribution < 1.29 is 6.22 Å². The lowest BCUT2D eigenvalue weighted by Crippen LogP contribution is -2.11. The minimum Gasteiger partial charge on any atom is -0.366 e. The van der Waals surface area contributed by atoms with Crippen molar-refractivity contribution >= 4 is 12.6 Å². The molecule has 0 spiro atoms. The fourth-order valence-corrected chi connectivity index (χ4v) is 0.315. The van der Waals surface area contributed by atoms with E-state index >= 15 is 0 Å². The molecule has 0 saturated heterocycles. The highest BCUT2D eigenvalue weighted by atomic mass is 16.1. The maximum Gasteiger partial charge on any atom is 0.250 e. The van der Waals surface area contributed by atoms with Gasteiger partial charge < -0.3 is 5.73 Å². The van der Waals surface area contributed by atoms with E-state index in [1.807, 2.05) is 13.8 Å². The van der Waals surface area contributed by atoms with Crippen molar-refractivity contribution in [1.82, 2.24) is 0 Å². The largest absolute Gasteiger partial charge is 0.366 e. The third-order valence-corrected chi connectivity index (χ3v) is 0.735. The molecule has 1 amide bonds. The van der Waals surface area contributed by atoms with Crippen molar-refractivity contribution in [2.45, 2.75) is 13.8 Å². The fourth-order valence-electron chi connectivity index (χ4n) is 0.315. The van der Waals surface area contributed by atoms with Crippen molar-refractivity contribution in [1.29, 1.82) is 0 Å². The number of rotatable bonds is 3. The highest BCUT2D eigenvalue weighted by molar-refractivity contribution is 5.94. The Morgan fingerprint density at radius 2 is 2.09 bits per heavy atom. The van der Waals surface area contributed by atoms with Gasteiger partial charge in [-0.25, -0.2) is 0 Å². The Morgan fingerprint density at radius 1 is 1.64 bits per heavy atom. The third-order valence-electron chi connectivity index (χ3n) is 0.735. The number of carbonyl (C=O) groups is 1. The highest BCUT2D eigenvalue weighted by Gasteiger charge is 1.95. The molecule has 0 aliphatic carbocycles. The minimum absolute atomic E-state index is 0. The van der Waals surface area contributed by atoms with Crippen LogP contribution in [0.3, 0.4) is 0 Å². The van der Waals surface area contributed by atoms with Gasteiger partial charge in [-0.3, -0.25) is 9.79 Å². The maximum absolute atomic E-state index is 10.3. The van der Waals surface area contributed by atoms with Gasteiger partial charge in [0.05, 0.1) is 5.57 Å². The molecule has 0 saturated carbocycles. The second-order valence-electron chi connectivity index (χ2n) is 1.34. The molecular formula is C8H16N2O. The highest BCUT2D eigenvalue weighted by Crippen LogP contribution is 1.92. The lowest BCUT2D eigenvalue weighted by molar-refractivity contribution is -0.114. The van der Waals surface area contributed by atoms with Crippen LogP contribution in [0.15, 0.2) is 29.4 Å². The number of nitrogens with two attached hydrogens (primary N) is 1. The molecule has 0 rings (SSSR count). The predicted octanol–water partition coefficient (Wildman–Crippen LogP) is 1.51. The zero-order valence-electron chi connectivity index (χ0n) is 7.00. The van der Waals surface area contributed by atoms with Gasteiger partial charge >= 0.3 is 0 Å². The first-order valence-corrected chi connectivity index (χ1v) is 3.30. The number of amides is 1. The molecule has 0 fully saturated rings. The van der Waals surface area contributed by atoms with Gasteiger partial charge in [0.15, 0.2) is 0 Å². The van der Waals surface area contributed by atoms with E-state index in [1.54, 1.807) is 0 Å². The molecule has 2 N–H and O–H groups in total. The van der Waals surface area contributed by atoms with Crippen LogP contribution in [0.25, 0.3) is 0 Å². The SMILES string of the molecule is C=C/C(=C\N=C)C(N)=O.CC.[HH]. The van der Waals surface area contributed by atoms with Crippen molar-refractivity contribution in [3.63, 3.8) is 0 Å². The monoisotopic (exact) mass is 156 g/mol. The Bertz CT molecular complexity index is 176. The summed E-state index contributed by atoms with van der Waals surface area (Å²) in [5.74, 6) is -0.544. The normalized spacial score (nSPS) is 9.09. The molecule has 3 nitrogen and oxygen atoms in total. The average molecular weight is 156 g/mol. The molecule has 0 heterocycles. The summed E-state index contributed by atoms with van der Waals surface area (Å²) in [5, 5.41) is 0. The van der Waals surface area contributed by atoms with Crippen LogP contribution in [0.4, 0.5) is 0 Å². The quantitative estimate of drug-likeness (QED) is 0.376. The smallest absolute Gasteiger partial charge is 0.250 e. The van der Waals surface area contributed by atoms with Gasteiger partial charge in [-0.15, -0.1) is 0 Å². The van der Waals surface area contributed by atoms with Gasteiger partial charge in [0.2, 0.25) is 5.91 Å². The minimum atomic E-state index is -0.544. The maximum atomic E-state index is 10.3. The summed E-state index contributed by atoms with van der Waals surface area (Å²) < 4.78 is 0. The Morgan fingerprint density at radius 3 is 2.18 bits per heavy atom. The van der Waals surface area contributed by atoms with E-state index in [0.29, 0.717) is 0 Å². The Kier molecular flexibility index (Phi) is 9.65. The topological polar surface area (TPSA) is 55.4 Å². The van der Waals surface area contributed by atoms with Crippen LogP contribution in [0.1, 0.15) is 15.3 Å². The van der Waals surface area contributed by atoms with Gasteiger partial charge in [-0.2, -0.15) is 0 Å². The molecular weight excluding hydrogens is 140 g/mol. The zero-order valence-corrected chi connectivity index (χ0v) is 7.00. The summed E-state index contributed by atoms with van der Waals surface area (Å²) in [6.07, 6.45) is 2.59. The van der Waals surface area contributed by atoms with Crippen LogP contribution < -0.4 is 5.73 Å². The average Bonchev–Trinajstić information content (AvgIpc) is 2.03. The summed E-state index contributed by atoms with van der Waals surface area (Å²) in [7, 11) is 0. The predicted molar refractivity (Wildman–Crippen MR) is 50.5 cm³/mol. The Labute approximate surface area is 68.8 Å². The van der Waals surface area contributed by atoms with Gasteiger partial charge in [-0.1, -0.05) is 26.5 Å². The number of carbonyl (C=O) groups excluding carboxylic acids is 1. The third kappa shape index (κ3) is 6.51. The molecule has 0 radical (unpaired) electrons. The van der Waals surface area contributed by atoms with Crippen molar-refractivity contribution in [3.8, 4) is 0 Å². The Hall–Kier alpha value is -1.38. The van der Waals surface area contributed by atoms with Crippen LogP contribution in [-0.4, -0.2) is 12.6 Å². The summed E-state index contributed by atoms with van der Waals surface area (Å²) >= 11 is 0. The summed E-state index contributed by atoms with van der Waals surface area (Å²) in [4.78, 5) is 13.7. The summed E-state index contributed by atoms with van der Waals surface area (Å²) in [6, 6.07) is 0. The van der Waals surface area contributed by atoms with Crippen LogP contribution in [-0.2, 0) is 4.79 Å². The molecule has 0 atom stereocenters. The Balaban J connectivity index is -0.000000249. The first kappa shape index (κ1) is 12.3. The van der Waals surface area contributed by atoms with E-state index in [-0.39, 0.29) is 7.00 Å². The second-order valence-corrected chi connectivity index (χ2v) is 1.34. The molecule has 64 valence electrons. The van der Waals surface area contributed by atoms with Gasteiger partial charge in [0.1, 0.15) is 0 Å². The van der Waals surface area contributed by atoms with Crippen LogP contribution in [0, 0.1) is 0 Å². The van der Waals surface area contributed by atoms with Crippen LogP contribution in [0.2, 0.25) is 0 Å². The number of aliphatic imine (C=N–C) groups is 1. The fraction of sp³-hybridized carbons (Fsp3) is 0.250. The molecule has 0 aromatic rings. The van der Waals surface area contributed by atoms with E-state index in [4.69, 9.17) is 5.73 Å². The van der Waals surface area contributed by atoms with E-state index in [9.17, 15) is 4.79 Å². The van der Waals surface area contributed by atoms with Crippen LogP contribution >= 0.6 is 0 Å². The number of hydrogen-bond acceptors (Lipinski definition) is 2. The van der Waals surface area contributed by atoms with E-state index in [1.165, 1.54) is 12.3 Å². The summed E-state index contributed by atoms with van der Waals surface area (Å²) in [5.41, 5.74) is 5.14.